The molecule has 16 heavy (non-hydrogen) atoms. The number of aryl methyl sites for hydroxylation is 1. The number of hydrogen-bond donors (Lipinski definition) is 0. The van der Waals surface area contributed by atoms with Crippen LogP contribution in [0, 0.1) is 6.92 Å². The zero-order chi connectivity index (χ0) is 11.7. The smallest absolute Gasteiger partial charge is 0.195 e. The van der Waals surface area contributed by atoms with E-state index in [1.165, 1.54) is 11.3 Å². The molecule has 0 aliphatic rings. The molecule has 6 heteroatoms. The Bertz CT molecular complexity index is 515. The summed E-state index contributed by atoms with van der Waals surface area (Å²) >= 11 is 10.6. The molecule has 0 radical (unpaired) electrons. The molecule has 0 aliphatic carbocycles. The number of aromatic nitrogens is 2. The van der Waals surface area contributed by atoms with Crippen LogP contribution in [0.25, 0.3) is 0 Å². The second-order valence-corrected chi connectivity index (χ2v) is 5.46. The van der Waals surface area contributed by atoms with E-state index in [1.807, 2.05) is 18.4 Å². The third kappa shape index (κ3) is 2.36. The molecule has 0 atom stereocenters. The molecule has 0 aliphatic heterocycles. The summed E-state index contributed by atoms with van der Waals surface area (Å²) in [5.74, 6) is 0.0287. The summed E-state index contributed by atoms with van der Waals surface area (Å²) in [6.45, 7) is 2.02. The largest absolute Gasteiger partial charge is 0.291 e. The summed E-state index contributed by atoms with van der Waals surface area (Å²) in [5.41, 5.74) is 0.736. The average molecular weight is 320 g/mol. The fourth-order valence-corrected chi connectivity index (χ4v) is 2.96. The van der Waals surface area contributed by atoms with Gasteiger partial charge >= 0.3 is 0 Å². The summed E-state index contributed by atoms with van der Waals surface area (Å²) in [6, 6.07) is 1.86. The van der Waals surface area contributed by atoms with Crippen LogP contribution in [-0.2, 0) is 6.54 Å². The monoisotopic (exact) mass is 318 g/mol. The van der Waals surface area contributed by atoms with Crippen LogP contribution >= 0.6 is 38.9 Å². The van der Waals surface area contributed by atoms with E-state index in [0.717, 1.165) is 10.2 Å². The van der Waals surface area contributed by atoms with Gasteiger partial charge < -0.3 is 0 Å². The van der Waals surface area contributed by atoms with Crippen LogP contribution in [0.1, 0.15) is 15.4 Å². The van der Waals surface area contributed by atoms with Crippen molar-refractivity contribution in [2.75, 3.05) is 0 Å². The van der Waals surface area contributed by atoms with Gasteiger partial charge in [0.25, 0.3) is 0 Å². The molecule has 0 saturated heterocycles. The van der Waals surface area contributed by atoms with Crippen molar-refractivity contribution in [3.05, 3.63) is 37.7 Å². The van der Waals surface area contributed by atoms with Gasteiger partial charge in [-0.2, -0.15) is 5.10 Å². The Kier molecular flexibility index (Phi) is 3.47. The van der Waals surface area contributed by atoms with E-state index in [2.05, 4.69) is 21.0 Å². The zero-order valence-electron chi connectivity index (χ0n) is 8.41. The molecule has 3 nitrogen and oxygen atoms in total. The molecule has 0 aromatic carbocycles. The van der Waals surface area contributed by atoms with Gasteiger partial charge in [-0.25, -0.2) is 0 Å². The average Bonchev–Trinajstić information content (AvgIpc) is 2.74. The Morgan fingerprint density at radius 1 is 1.69 bits per heavy atom. The third-order valence-corrected chi connectivity index (χ3v) is 4.31. The molecular weight excluding hydrogens is 312 g/mol. The summed E-state index contributed by atoms with van der Waals surface area (Å²) < 4.78 is 2.39. The van der Waals surface area contributed by atoms with Crippen molar-refractivity contribution in [2.45, 2.75) is 13.5 Å². The van der Waals surface area contributed by atoms with Crippen molar-refractivity contribution in [2.24, 2.45) is 0 Å². The van der Waals surface area contributed by atoms with E-state index < -0.39 is 0 Å². The van der Waals surface area contributed by atoms with E-state index in [9.17, 15) is 4.79 Å². The molecule has 84 valence electrons. The fourth-order valence-electron chi connectivity index (χ4n) is 1.29. The highest BCUT2D eigenvalue weighted by Crippen LogP contribution is 2.23. The summed E-state index contributed by atoms with van der Waals surface area (Å²) in [5, 5.41) is 6.60. The number of ketones is 1. The van der Waals surface area contributed by atoms with Gasteiger partial charge in [0.15, 0.2) is 5.78 Å². The molecule has 2 heterocycles. The van der Waals surface area contributed by atoms with Crippen molar-refractivity contribution in [3.8, 4) is 0 Å². The van der Waals surface area contributed by atoms with Crippen LogP contribution in [0.15, 0.2) is 22.1 Å². The molecule has 0 unspecified atom stereocenters. The van der Waals surface area contributed by atoms with Crippen molar-refractivity contribution in [1.29, 1.82) is 0 Å². The van der Waals surface area contributed by atoms with E-state index >= 15 is 0 Å². The molecular formula is C10H8BrClN2OS. The number of nitrogens with zero attached hydrogens (tertiary/aromatic N) is 2. The Morgan fingerprint density at radius 3 is 2.94 bits per heavy atom. The highest BCUT2D eigenvalue weighted by molar-refractivity contribution is 9.10. The second kappa shape index (κ2) is 4.69. The maximum Gasteiger partial charge on any atom is 0.195 e. The van der Waals surface area contributed by atoms with E-state index in [0.29, 0.717) is 9.90 Å². The number of carbonyl (C=O) groups is 1. The first-order chi connectivity index (χ1) is 7.58. The van der Waals surface area contributed by atoms with Crippen molar-refractivity contribution in [1.82, 2.24) is 9.78 Å². The first-order valence-electron chi connectivity index (χ1n) is 4.53. The third-order valence-electron chi connectivity index (χ3n) is 2.06. The van der Waals surface area contributed by atoms with Gasteiger partial charge in [-0.1, -0.05) is 11.6 Å². The lowest BCUT2D eigenvalue weighted by molar-refractivity contribution is 0.0971. The molecule has 0 saturated carbocycles. The minimum atomic E-state index is 0.0287. The zero-order valence-corrected chi connectivity index (χ0v) is 11.6. The van der Waals surface area contributed by atoms with Crippen LogP contribution < -0.4 is 0 Å². The fraction of sp³-hybridized carbons (Fsp3) is 0.200. The number of carbonyl (C=O) groups excluding carboxylic acids is 1. The van der Waals surface area contributed by atoms with Gasteiger partial charge in [-0.3, -0.25) is 9.48 Å². The van der Waals surface area contributed by atoms with Crippen LogP contribution in [0.5, 0.6) is 0 Å². The van der Waals surface area contributed by atoms with Gasteiger partial charge in [0.2, 0.25) is 0 Å². The molecule has 2 rings (SSSR count). The first-order valence-corrected chi connectivity index (χ1v) is 6.58. The predicted molar refractivity (Wildman–Crippen MR) is 68.3 cm³/mol. The molecule has 2 aromatic heterocycles. The molecule has 0 N–H and O–H groups in total. The Hall–Kier alpha value is -0.650. The summed E-state index contributed by atoms with van der Waals surface area (Å²) in [7, 11) is 0. The van der Waals surface area contributed by atoms with Crippen LogP contribution in [0.3, 0.4) is 0 Å². The van der Waals surface area contributed by atoms with Crippen LogP contribution in [0.2, 0.25) is 5.02 Å². The number of rotatable bonds is 3. The highest BCUT2D eigenvalue weighted by atomic mass is 79.9. The summed E-state index contributed by atoms with van der Waals surface area (Å²) in [6.07, 6.45) is 1.66. The Morgan fingerprint density at radius 2 is 2.44 bits per heavy atom. The van der Waals surface area contributed by atoms with E-state index in [1.54, 1.807) is 10.9 Å². The minimum Gasteiger partial charge on any atom is -0.291 e. The normalized spacial score (nSPS) is 10.7. The second-order valence-electron chi connectivity index (χ2n) is 3.28. The van der Waals surface area contributed by atoms with Gasteiger partial charge in [-0.15, -0.1) is 11.3 Å². The van der Waals surface area contributed by atoms with Crippen LogP contribution in [0.4, 0.5) is 0 Å². The Balaban J connectivity index is 2.17. The molecule has 0 spiro atoms. The maximum absolute atomic E-state index is 11.9. The quantitative estimate of drug-likeness (QED) is 0.811. The molecule has 0 amide bonds. The molecule has 2 aromatic rings. The SMILES string of the molecule is Cc1nn(CC(=O)c2sccc2Br)cc1Cl. The van der Waals surface area contributed by atoms with Crippen molar-refractivity contribution >= 4 is 44.7 Å². The Labute approximate surface area is 110 Å². The lowest BCUT2D eigenvalue weighted by Crippen LogP contribution is -2.10. The number of halogens is 2. The topological polar surface area (TPSA) is 34.9 Å². The van der Waals surface area contributed by atoms with Gasteiger partial charge in [0, 0.05) is 10.7 Å². The van der Waals surface area contributed by atoms with E-state index in [-0.39, 0.29) is 12.3 Å². The predicted octanol–water partition coefficient (Wildman–Crippen LogP) is 3.55. The molecule has 0 fully saturated rings. The van der Waals surface area contributed by atoms with Gasteiger partial charge in [0.05, 0.1) is 15.6 Å². The van der Waals surface area contributed by atoms with Gasteiger partial charge in [0.1, 0.15) is 6.54 Å². The van der Waals surface area contributed by atoms with Crippen LogP contribution in [-0.4, -0.2) is 15.6 Å². The first kappa shape index (κ1) is 11.8. The van der Waals surface area contributed by atoms with Crippen molar-refractivity contribution < 1.29 is 4.79 Å². The number of hydrogen-bond acceptors (Lipinski definition) is 3. The molecule has 0 bridgehead atoms. The lowest BCUT2D eigenvalue weighted by atomic mass is 10.3. The number of thiophene rings is 1. The minimum absolute atomic E-state index is 0.0287. The highest BCUT2D eigenvalue weighted by Gasteiger charge is 2.13. The lowest BCUT2D eigenvalue weighted by Gasteiger charge is -1.99. The number of Topliss-reactive ketones (excluding diaryl/α,β-unsaturated/α-hetero) is 1. The van der Waals surface area contributed by atoms with Crippen molar-refractivity contribution in [3.63, 3.8) is 0 Å². The van der Waals surface area contributed by atoms with E-state index in [4.69, 9.17) is 11.6 Å². The maximum atomic E-state index is 11.9. The van der Waals surface area contributed by atoms with Gasteiger partial charge in [-0.05, 0) is 34.3 Å². The summed E-state index contributed by atoms with van der Waals surface area (Å²) in [4.78, 5) is 12.6. The standard InChI is InChI=1S/C10H8BrClN2OS/c1-6-8(12)4-14(13-6)5-9(15)10-7(11)2-3-16-10/h2-4H,5H2,1H3.